The number of oxazole rings is 1. The topological polar surface area (TPSA) is 28.9 Å². The summed E-state index contributed by atoms with van der Waals surface area (Å²) in [6.07, 6.45) is 1.77. The van der Waals surface area contributed by atoms with Crippen LogP contribution in [0.5, 0.6) is 0 Å². The Morgan fingerprint density at radius 1 is 0.947 bits per heavy atom. The fourth-order valence-corrected chi connectivity index (χ4v) is 2.27. The van der Waals surface area contributed by atoms with Gasteiger partial charge in [0.2, 0.25) is 0 Å². The molecule has 1 N–H and O–H groups in total. The lowest BCUT2D eigenvalue weighted by Crippen LogP contribution is -1.83. The zero-order valence-corrected chi connectivity index (χ0v) is 11.5. The van der Waals surface area contributed by atoms with Crippen molar-refractivity contribution in [3.05, 3.63) is 64.6 Å². The number of aromatic nitrogens is 1. The van der Waals surface area contributed by atoms with Gasteiger partial charge < -0.3 is 9.40 Å². The Bertz CT molecular complexity index is 758. The van der Waals surface area contributed by atoms with Crippen molar-refractivity contribution in [2.45, 2.75) is 0 Å². The zero-order chi connectivity index (χ0) is 13.2. The molecule has 0 unspecified atom stereocenters. The second-order valence-corrected chi connectivity index (χ2v) is 4.90. The Morgan fingerprint density at radius 2 is 1.63 bits per heavy atom. The van der Waals surface area contributed by atoms with Crippen molar-refractivity contribution < 1.29 is 4.42 Å². The standard InChI is InChI=1S/C15H10ClNOS/c16-11-7-5-10(6-8-11)12-3-1-2-4-13(12)14-9-17-15(19)18-14/h1-9H,(H,17,19). The summed E-state index contributed by atoms with van der Waals surface area (Å²) in [7, 11) is 0. The van der Waals surface area contributed by atoms with Gasteiger partial charge in [-0.25, -0.2) is 0 Å². The Morgan fingerprint density at radius 3 is 2.26 bits per heavy atom. The second kappa shape index (κ2) is 5.03. The number of rotatable bonds is 2. The van der Waals surface area contributed by atoms with Crippen LogP contribution in [0.25, 0.3) is 22.5 Å². The lowest BCUT2D eigenvalue weighted by molar-refractivity contribution is 0.554. The molecule has 1 heterocycles. The van der Waals surface area contributed by atoms with E-state index >= 15 is 0 Å². The number of hydrogen-bond acceptors (Lipinski definition) is 2. The van der Waals surface area contributed by atoms with Crippen molar-refractivity contribution in [3.63, 3.8) is 0 Å². The molecule has 0 fully saturated rings. The summed E-state index contributed by atoms with van der Waals surface area (Å²) < 4.78 is 5.49. The van der Waals surface area contributed by atoms with Gasteiger partial charge in [0.15, 0.2) is 5.76 Å². The molecule has 0 saturated heterocycles. The molecule has 0 saturated carbocycles. The number of benzene rings is 2. The average Bonchev–Trinajstić information content (AvgIpc) is 2.86. The van der Waals surface area contributed by atoms with Gasteiger partial charge in [-0.05, 0) is 35.5 Å². The van der Waals surface area contributed by atoms with Gasteiger partial charge in [0, 0.05) is 16.8 Å². The molecule has 4 heteroatoms. The lowest BCUT2D eigenvalue weighted by Gasteiger charge is -2.07. The van der Waals surface area contributed by atoms with Crippen LogP contribution < -0.4 is 0 Å². The predicted molar refractivity (Wildman–Crippen MR) is 79.8 cm³/mol. The van der Waals surface area contributed by atoms with Crippen LogP contribution in [0.15, 0.2) is 59.1 Å². The van der Waals surface area contributed by atoms with Gasteiger partial charge in [-0.15, -0.1) is 0 Å². The normalized spacial score (nSPS) is 10.6. The van der Waals surface area contributed by atoms with E-state index in [9.17, 15) is 0 Å². The molecule has 0 spiro atoms. The zero-order valence-electron chi connectivity index (χ0n) is 9.89. The average molecular weight is 288 g/mol. The molecule has 2 nitrogen and oxygen atoms in total. The SMILES string of the molecule is S=c1[nH]cc(-c2ccccc2-c2ccc(Cl)cc2)o1. The van der Waals surface area contributed by atoms with Crippen LogP contribution in [0.4, 0.5) is 0 Å². The molecule has 0 amide bonds. The maximum Gasteiger partial charge on any atom is 0.266 e. The third-order valence-corrected chi connectivity index (χ3v) is 3.32. The highest BCUT2D eigenvalue weighted by atomic mass is 35.5. The second-order valence-electron chi connectivity index (χ2n) is 4.09. The molecule has 0 radical (unpaired) electrons. The van der Waals surface area contributed by atoms with Crippen LogP contribution in [0.3, 0.4) is 0 Å². The fourth-order valence-electron chi connectivity index (χ4n) is 2.00. The predicted octanol–water partition coefficient (Wildman–Crippen LogP) is 5.32. The number of halogens is 1. The quantitative estimate of drug-likeness (QED) is 0.646. The third kappa shape index (κ3) is 2.48. The molecule has 3 aromatic rings. The number of H-pyrrole nitrogens is 1. The van der Waals surface area contributed by atoms with E-state index in [4.69, 9.17) is 28.2 Å². The first-order valence-corrected chi connectivity index (χ1v) is 6.56. The van der Waals surface area contributed by atoms with Crippen molar-refractivity contribution >= 4 is 23.8 Å². The first-order valence-electron chi connectivity index (χ1n) is 5.78. The molecular formula is C15H10ClNOS. The summed E-state index contributed by atoms with van der Waals surface area (Å²) in [5.74, 6) is 0.732. The van der Waals surface area contributed by atoms with E-state index in [1.54, 1.807) is 6.20 Å². The van der Waals surface area contributed by atoms with Gasteiger partial charge in [-0.3, -0.25) is 0 Å². The first-order chi connectivity index (χ1) is 9.24. The van der Waals surface area contributed by atoms with Crippen molar-refractivity contribution in [1.82, 2.24) is 4.98 Å². The molecule has 0 bridgehead atoms. The van der Waals surface area contributed by atoms with Crippen molar-refractivity contribution in [2.24, 2.45) is 0 Å². The summed E-state index contributed by atoms with van der Waals surface area (Å²) in [6.45, 7) is 0. The Labute approximate surface area is 120 Å². The van der Waals surface area contributed by atoms with Crippen LogP contribution in [0, 0.1) is 4.84 Å². The molecule has 94 valence electrons. The van der Waals surface area contributed by atoms with Crippen LogP contribution >= 0.6 is 23.8 Å². The van der Waals surface area contributed by atoms with E-state index in [2.05, 4.69) is 4.98 Å². The van der Waals surface area contributed by atoms with Gasteiger partial charge >= 0.3 is 0 Å². The summed E-state index contributed by atoms with van der Waals surface area (Å²) in [4.78, 5) is 3.26. The van der Waals surface area contributed by atoms with E-state index in [0.717, 1.165) is 27.5 Å². The molecule has 19 heavy (non-hydrogen) atoms. The van der Waals surface area contributed by atoms with Crippen LogP contribution in [-0.2, 0) is 0 Å². The smallest absolute Gasteiger partial charge is 0.266 e. The monoisotopic (exact) mass is 287 g/mol. The van der Waals surface area contributed by atoms with E-state index in [0.29, 0.717) is 4.84 Å². The summed E-state index contributed by atoms with van der Waals surface area (Å²) >= 11 is 10.9. The van der Waals surface area contributed by atoms with Gasteiger partial charge in [-0.1, -0.05) is 48.0 Å². The molecule has 0 aliphatic heterocycles. The van der Waals surface area contributed by atoms with E-state index in [-0.39, 0.29) is 0 Å². The third-order valence-electron chi connectivity index (χ3n) is 2.87. The van der Waals surface area contributed by atoms with Crippen molar-refractivity contribution in [2.75, 3.05) is 0 Å². The number of hydrogen-bond donors (Lipinski definition) is 1. The highest BCUT2D eigenvalue weighted by molar-refractivity contribution is 7.71. The number of nitrogens with one attached hydrogen (secondary N) is 1. The summed E-state index contributed by atoms with van der Waals surface area (Å²) in [5.41, 5.74) is 3.16. The molecule has 0 aliphatic carbocycles. The lowest BCUT2D eigenvalue weighted by atomic mass is 9.99. The Hall–Kier alpha value is -1.84. The van der Waals surface area contributed by atoms with Crippen molar-refractivity contribution in [3.8, 4) is 22.5 Å². The molecule has 0 aliphatic rings. The largest absolute Gasteiger partial charge is 0.429 e. The van der Waals surface area contributed by atoms with E-state index in [1.807, 2.05) is 48.5 Å². The summed E-state index contributed by atoms with van der Waals surface area (Å²) in [6, 6.07) is 15.7. The Kier molecular flexibility index (Phi) is 3.23. The summed E-state index contributed by atoms with van der Waals surface area (Å²) in [5, 5.41) is 0.723. The molecule has 0 atom stereocenters. The van der Waals surface area contributed by atoms with Crippen molar-refractivity contribution in [1.29, 1.82) is 0 Å². The minimum atomic E-state index is 0.376. The molecular weight excluding hydrogens is 278 g/mol. The highest BCUT2D eigenvalue weighted by Gasteiger charge is 2.09. The Balaban J connectivity index is 2.17. The molecule has 3 rings (SSSR count). The highest BCUT2D eigenvalue weighted by Crippen LogP contribution is 2.32. The van der Waals surface area contributed by atoms with Gasteiger partial charge in [0.1, 0.15) is 0 Å². The van der Waals surface area contributed by atoms with Gasteiger partial charge in [0.05, 0.1) is 0 Å². The van der Waals surface area contributed by atoms with Gasteiger partial charge in [0.25, 0.3) is 4.84 Å². The maximum atomic E-state index is 5.92. The molecule has 1 aromatic heterocycles. The van der Waals surface area contributed by atoms with E-state index < -0.39 is 0 Å². The molecule has 2 aromatic carbocycles. The first kappa shape index (κ1) is 12.2. The number of aromatic amines is 1. The van der Waals surface area contributed by atoms with Gasteiger partial charge in [-0.2, -0.15) is 0 Å². The van der Waals surface area contributed by atoms with Crippen LogP contribution in [-0.4, -0.2) is 4.98 Å². The minimum absolute atomic E-state index is 0.376. The van der Waals surface area contributed by atoms with Crippen LogP contribution in [0.2, 0.25) is 5.02 Å². The van der Waals surface area contributed by atoms with Crippen LogP contribution in [0.1, 0.15) is 0 Å². The maximum absolute atomic E-state index is 5.92. The minimum Gasteiger partial charge on any atom is -0.429 e. The van der Waals surface area contributed by atoms with E-state index in [1.165, 1.54) is 0 Å². The fraction of sp³-hybridized carbons (Fsp3) is 0.